The molecule has 2 atom stereocenters. The number of hydrogen-bond acceptors (Lipinski definition) is 0. The SMILES string of the molecule is C1CC2CCC1CC2.c1ccc2c(c1)C1CCC2C1. The average molecular weight is 254 g/mol. The molecule has 0 N–H and O–H groups in total. The topological polar surface area (TPSA) is 0 Å². The van der Waals surface area contributed by atoms with Gasteiger partial charge in [-0.1, -0.05) is 62.8 Å². The summed E-state index contributed by atoms with van der Waals surface area (Å²) < 4.78 is 0. The van der Waals surface area contributed by atoms with E-state index in [1.54, 1.807) is 49.7 Å². The first kappa shape index (κ1) is 12.0. The summed E-state index contributed by atoms with van der Waals surface area (Å²) in [4.78, 5) is 0. The van der Waals surface area contributed by atoms with E-state index in [-0.39, 0.29) is 0 Å². The van der Waals surface area contributed by atoms with Crippen molar-refractivity contribution in [2.24, 2.45) is 11.8 Å². The molecule has 4 bridgehead atoms. The largest absolute Gasteiger partial charge is 0.0620 e. The molecule has 0 spiro atoms. The number of hydrogen-bond donors (Lipinski definition) is 0. The lowest BCUT2D eigenvalue weighted by Crippen LogP contribution is -2.21. The third-order valence-corrected chi connectivity index (χ3v) is 6.26. The van der Waals surface area contributed by atoms with Crippen LogP contribution in [0.5, 0.6) is 0 Å². The van der Waals surface area contributed by atoms with Crippen molar-refractivity contribution < 1.29 is 0 Å². The summed E-state index contributed by atoms with van der Waals surface area (Å²) in [6, 6.07) is 9.00. The second-order valence-electron chi connectivity index (χ2n) is 7.30. The van der Waals surface area contributed by atoms with Crippen molar-refractivity contribution in [1.82, 2.24) is 0 Å². The second-order valence-corrected chi connectivity index (χ2v) is 7.30. The summed E-state index contributed by atoms with van der Waals surface area (Å²) in [7, 11) is 0. The molecule has 0 radical (unpaired) electrons. The quantitative estimate of drug-likeness (QED) is 0.562. The van der Waals surface area contributed by atoms with Gasteiger partial charge in [-0.3, -0.25) is 0 Å². The third kappa shape index (κ3) is 2.24. The van der Waals surface area contributed by atoms with Crippen molar-refractivity contribution >= 4 is 0 Å². The normalized spacial score (nSPS) is 37.7. The minimum atomic E-state index is 0.927. The zero-order valence-corrected chi connectivity index (χ0v) is 12.0. The standard InChI is InChI=1S/C11H12.C8H14/c1-2-4-11-9-6-5-8(7-9)10(11)3-1;1-2-8-5-3-7(1)4-6-8/h1-4,8-9H,5-7H2;7-8H,1-6H2. The lowest BCUT2D eigenvalue weighted by atomic mass is 9.71. The van der Waals surface area contributed by atoms with Crippen molar-refractivity contribution in [1.29, 1.82) is 0 Å². The zero-order valence-electron chi connectivity index (χ0n) is 12.0. The molecule has 1 aromatic carbocycles. The van der Waals surface area contributed by atoms with Gasteiger partial charge in [-0.25, -0.2) is 0 Å². The van der Waals surface area contributed by atoms with Crippen LogP contribution in [0.25, 0.3) is 0 Å². The molecule has 6 rings (SSSR count). The van der Waals surface area contributed by atoms with Gasteiger partial charge in [-0.05, 0) is 54.1 Å². The maximum Gasteiger partial charge on any atom is -0.0153 e. The van der Waals surface area contributed by atoms with E-state index in [4.69, 9.17) is 0 Å². The summed E-state index contributed by atoms with van der Waals surface area (Å²) >= 11 is 0. The molecule has 0 saturated heterocycles. The van der Waals surface area contributed by atoms with Gasteiger partial charge in [0.05, 0.1) is 0 Å². The van der Waals surface area contributed by atoms with Crippen LogP contribution in [-0.4, -0.2) is 0 Å². The van der Waals surface area contributed by atoms with Gasteiger partial charge in [0.2, 0.25) is 0 Å². The van der Waals surface area contributed by atoms with Crippen LogP contribution in [0.2, 0.25) is 0 Å². The lowest BCUT2D eigenvalue weighted by Gasteiger charge is -2.35. The molecule has 19 heavy (non-hydrogen) atoms. The van der Waals surface area contributed by atoms with Crippen LogP contribution in [0.3, 0.4) is 0 Å². The number of benzene rings is 1. The van der Waals surface area contributed by atoms with Crippen molar-refractivity contribution in [3.8, 4) is 0 Å². The highest BCUT2D eigenvalue weighted by molar-refractivity contribution is 5.40. The molecule has 4 fully saturated rings. The molecular formula is C19H26. The van der Waals surface area contributed by atoms with E-state index >= 15 is 0 Å². The molecule has 0 heterocycles. The molecule has 0 heteroatoms. The van der Waals surface area contributed by atoms with E-state index < -0.39 is 0 Å². The molecule has 0 amide bonds. The third-order valence-electron chi connectivity index (χ3n) is 6.26. The minimum absolute atomic E-state index is 0.927. The van der Waals surface area contributed by atoms with Crippen LogP contribution < -0.4 is 0 Å². The highest BCUT2D eigenvalue weighted by Gasteiger charge is 2.35. The Labute approximate surface area is 117 Å². The second kappa shape index (κ2) is 4.96. The fraction of sp³-hybridized carbons (Fsp3) is 0.684. The van der Waals surface area contributed by atoms with Gasteiger partial charge in [0.25, 0.3) is 0 Å². The van der Waals surface area contributed by atoms with Crippen LogP contribution in [0.1, 0.15) is 80.8 Å². The fourth-order valence-electron chi connectivity index (χ4n) is 5.08. The fourth-order valence-corrected chi connectivity index (χ4v) is 5.08. The monoisotopic (exact) mass is 254 g/mol. The van der Waals surface area contributed by atoms with Crippen molar-refractivity contribution in [3.05, 3.63) is 35.4 Å². The Morgan fingerprint density at radius 2 is 1.00 bits per heavy atom. The summed E-state index contributed by atoms with van der Waals surface area (Å²) in [6.07, 6.45) is 13.7. The molecule has 0 nitrogen and oxygen atoms in total. The Bertz CT molecular complexity index is 387. The molecular weight excluding hydrogens is 228 g/mol. The smallest absolute Gasteiger partial charge is 0.0153 e. The predicted molar refractivity (Wildman–Crippen MR) is 80.5 cm³/mol. The van der Waals surface area contributed by atoms with E-state index in [1.807, 2.05) is 0 Å². The van der Waals surface area contributed by atoms with Gasteiger partial charge in [-0.15, -0.1) is 0 Å². The molecule has 5 aliphatic rings. The summed E-state index contributed by atoms with van der Waals surface area (Å²) in [6.45, 7) is 0. The first-order valence-corrected chi connectivity index (χ1v) is 8.49. The van der Waals surface area contributed by atoms with Gasteiger partial charge >= 0.3 is 0 Å². The van der Waals surface area contributed by atoms with Crippen LogP contribution in [0.4, 0.5) is 0 Å². The summed E-state index contributed by atoms with van der Waals surface area (Å²) in [5.74, 6) is 4.16. The van der Waals surface area contributed by atoms with Crippen molar-refractivity contribution in [2.45, 2.75) is 69.6 Å². The van der Waals surface area contributed by atoms with Crippen LogP contribution in [0.15, 0.2) is 24.3 Å². The zero-order chi connectivity index (χ0) is 12.7. The van der Waals surface area contributed by atoms with Crippen molar-refractivity contribution in [3.63, 3.8) is 0 Å². The average Bonchev–Trinajstić information content (AvgIpc) is 3.12. The van der Waals surface area contributed by atoms with E-state index in [0.717, 1.165) is 23.7 Å². The molecule has 2 unspecified atom stereocenters. The first-order valence-electron chi connectivity index (χ1n) is 8.49. The van der Waals surface area contributed by atoms with Gasteiger partial charge in [-0.2, -0.15) is 0 Å². The molecule has 0 aliphatic heterocycles. The van der Waals surface area contributed by atoms with Gasteiger partial charge in [0.15, 0.2) is 0 Å². The Kier molecular flexibility index (Phi) is 3.13. The summed E-state index contributed by atoms with van der Waals surface area (Å²) in [5.41, 5.74) is 3.31. The van der Waals surface area contributed by atoms with Crippen LogP contribution in [-0.2, 0) is 0 Å². The Hall–Kier alpha value is -0.780. The molecule has 1 aromatic rings. The Morgan fingerprint density at radius 3 is 1.37 bits per heavy atom. The molecule has 5 aliphatic carbocycles. The van der Waals surface area contributed by atoms with E-state index in [9.17, 15) is 0 Å². The Balaban J connectivity index is 0.000000107. The lowest BCUT2D eigenvalue weighted by molar-refractivity contribution is 0.176. The first-order chi connectivity index (χ1) is 9.40. The van der Waals surface area contributed by atoms with E-state index in [1.165, 1.54) is 19.3 Å². The van der Waals surface area contributed by atoms with Crippen molar-refractivity contribution in [2.75, 3.05) is 0 Å². The number of fused-ring (bicyclic) bond motifs is 8. The van der Waals surface area contributed by atoms with Gasteiger partial charge in [0, 0.05) is 0 Å². The molecule has 0 aromatic heterocycles. The number of rotatable bonds is 0. The van der Waals surface area contributed by atoms with E-state index in [2.05, 4.69) is 24.3 Å². The van der Waals surface area contributed by atoms with Gasteiger partial charge in [0.1, 0.15) is 0 Å². The minimum Gasteiger partial charge on any atom is -0.0620 e. The Morgan fingerprint density at radius 1 is 0.579 bits per heavy atom. The maximum atomic E-state index is 2.32. The van der Waals surface area contributed by atoms with E-state index in [0.29, 0.717) is 0 Å². The molecule has 102 valence electrons. The predicted octanol–water partition coefficient (Wildman–Crippen LogP) is 5.64. The van der Waals surface area contributed by atoms with Crippen LogP contribution >= 0.6 is 0 Å². The molecule has 4 saturated carbocycles. The van der Waals surface area contributed by atoms with Crippen LogP contribution in [0, 0.1) is 11.8 Å². The maximum absolute atomic E-state index is 2.32. The highest BCUT2D eigenvalue weighted by atomic mass is 14.4. The highest BCUT2D eigenvalue weighted by Crippen LogP contribution is 2.52. The summed E-state index contributed by atoms with van der Waals surface area (Å²) in [5, 5.41) is 0. The van der Waals surface area contributed by atoms with Gasteiger partial charge < -0.3 is 0 Å².